The predicted octanol–water partition coefficient (Wildman–Crippen LogP) is 6.54. The van der Waals surface area contributed by atoms with Crippen LogP contribution >= 0.6 is 0 Å². The Hall–Kier alpha value is -5.20. The number of amides is 1. The molecule has 0 atom stereocenters. The molecule has 2 fully saturated rings. The third-order valence-corrected chi connectivity index (χ3v) is 9.69. The molecular weight excluding hydrogens is 632 g/mol. The number of nitrogens with zero attached hydrogens (tertiary/aromatic N) is 5. The van der Waals surface area contributed by atoms with Crippen LogP contribution in [0.2, 0.25) is 0 Å². The maximum absolute atomic E-state index is 12.6. The number of aromatic amines is 1. The van der Waals surface area contributed by atoms with E-state index in [-0.39, 0.29) is 12.5 Å². The number of fused-ring (bicyclic) bond motifs is 1. The molecule has 4 N–H and O–H groups in total. The number of H-pyrrole nitrogens is 1. The van der Waals surface area contributed by atoms with E-state index in [1.165, 1.54) is 31.8 Å². The summed E-state index contributed by atoms with van der Waals surface area (Å²) < 4.78 is 11.6. The second-order valence-electron chi connectivity index (χ2n) is 12.9. The van der Waals surface area contributed by atoms with Gasteiger partial charge in [-0.05, 0) is 56.0 Å². The van der Waals surface area contributed by atoms with E-state index in [2.05, 4.69) is 37.0 Å². The zero-order chi connectivity index (χ0) is 34.5. The van der Waals surface area contributed by atoms with Gasteiger partial charge in [0.05, 0.1) is 47.5 Å². The Morgan fingerprint density at radius 3 is 2.78 bits per heavy atom. The van der Waals surface area contributed by atoms with Gasteiger partial charge in [0, 0.05) is 68.5 Å². The zero-order valence-electron chi connectivity index (χ0n) is 28.5. The van der Waals surface area contributed by atoms with Gasteiger partial charge in [-0.3, -0.25) is 9.69 Å². The third kappa shape index (κ3) is 7.22. The summed E-state index contributed by atoms with van der Waals surface area (Å²) in [5.41, 5.74) is 5.88. The van der Waals surface area contributed by atoms with Crippen molar-refractivity contribution in [1.82, 2.24) is 24.8 Å². The number of aromatic nitrogens is 4. The molecule has 0 unspecified atom stereocenters. The molecule has 12 heteroatoms. The summed E-state index contributed by atoms with van der Waals surface area (Å²) in [6.07, 6.45) is 12.0. The van der Waals surface area contributed by atoms with E-state index < -0.39 is 0 Å². The minimum Gasteiger partial charge on any atom is -0.494 e. The van der Waals surface area contributed by atoms with Crippen LogP contribution < -0.4 is 20.3 Å². The second kappa shape index (κ2) is 15.1. The molecule has 3 aromatic heterocycles. The van der Waals surface area contributed by atoms with Crippen LogP contribution in [-0.4, -0.2) is 81.8 Å². The van der Waals surface area contributed by atoms with E-state index in [1.807, 2.05) is 42.5 Å². The van der Waals surface area contributed by atoms with Crippen molar-refractivity contribution < 1.29 is 19.1 Å². The summed E-state index contributed by atoms with van der Waals surface area (Å²) in [5.74, 6) is 1.40. The topological polar surface area (TPSA) is 145 Å². The molecule has 0 radical (unpaired) electrons. The highest BCUT2D eigenvalue weighted by molar-refractivity contribution is 6.02. The van der Waals surface area contributed by atoms with Gasteiger partial charge in [-0.25, -0.2) is 15.0 Å². The van der Waals surface area contributed by atoms with Crippen molar-refractivity contribution in [3.8, 4) is 28.4 Å². The Morgan fingerprint density at radius 1 is 1.08 bits per heavy atom. The lowest BCUT2D eigenvalue weighted by Gasteiger charge is -2.29. The quantitative estimate of drug-likeness (QED) is 0.108. The van der Waals surface area contributed by atoms with Gasteiger partial charge in [0.2, 0.25) is 11.9 Å². The molecular formula is C38H44N8O4. The Kier molecular flexibility index (Phi) is 10.1. The first-order valence-corrected chi connectivity index (χ1v) is 17.4. The molecule has 1 aliphatic carbocycles. The number of carbonyl (C=O) groups is 1. The predicted molar refractivity (Wildman–Crippen MR) is 196 cm³/mol. The third-order valence-electron chi connectivity index (χ3n) is 9.69. The highest BCUT2D eigenvalue weighted by Crippen LogP contribution is 2.39. The number of aliphatic hydroxyl groups excluding tert-OH is 1. The average Bonchev–Trinajstić information content (AvgIpc) is 3.90. The van der Waals surface area contributed by atoms with Crippen molar-refractivity contribution in [1.29, 1.82) is 0 Å². The maximum Gasteiger partial charge on any atom is 0.247 e. The molecule has 1 saturated heterocycles. The number of aliphatic hydroxyl groups is 1. The number of nitrogens with one attached hydrogen (secondary N) is 3. The molecule has 4 heterocycles. The van der Waals surface area contributed by atoms with Crippen molar-refractivity contribution in [2.75, 3.05) is 55.4 Å². The van der Waals surface area contributed by atoms with E-state index in [1.54, 1.807) is 19.6 Å². The molecule has 7 rings (SSSR count). The highest BCUT2D eigenvalue weighted by atomic mass is 16.5. The zero-order valence-corrected chi connectivity index (χ0v) is 28.5. The number of methoxy groups -OCH3 is 1. The van der Waals surface area contributed by atoms with Crippen LogP contribution in [0.3, 0.4) is 0 Å². The first kappa shape index (κ1) is 33.3. The van der Waals surface area contributed by atoms with E-state index in [9.17, 15) is 9.90 Å². The molecule has 0 bridgehead atoms. The van der Waals surface area contributed by atoms with Crippen LogP contribution in [0.15, 0.2) is 72.0 Å². The fourth-order valence-corrected chi connectivity index (χ4v) is 7.16. The van der Waals surface area contributed by atoms with Crippen LogP contribution in [0, 0.1) is 0 Å². The standard InChI is InChI=1S/C38H44N8O4/c1-3-35(48)40-29-23-30(33(49-2)24-31(29)46-17-7-16-45(18-19-46)27-8-4-5-9-27)42-38-39-15-13-28(41-38)37-36(43-34(44-37)10-6-20-47)26-12-11-25-14-21-50-32(25)22-26/h3,11-15,21-24,27,47H,1,4-10,16-20H2,2H3,(H,40,48)(H,43,44)(H,39,41,42). The number of hydrogen-bond acceptors (Lipinski definition) is 10. The van der Waals surface area contributed by atoms with E-state index in [0.717, 1.165) is 72.0 Å². The minimum atomic E-state index is -0.292. The molecule has 2 aromatic carbocycles. The van der Waals surface area contributed by atoms with Gasteiger partial charge in [0.15, 0.2) is 0 Å². The molecule has 5 aromatic rings. The van der Waals surface area contributed by atoms with Gasteiger partial charge in [0.1, 0.15) is 17.2 Å². The molecule has 12 nitrogen and oxygen atoms in total. The minimum absolute atomic E-state index is 0.0673. The largest absolute Gasteiger partial charge is 0.494 e. The number of hydrogen-bond donors (Lipinski definition) is 4. The van der Waals surface area contributed by atoms with Gasteiger partial charge >= 0.3 is 0 Å². The van der Waals surface area contributed by atoms with E-state index in [0.29, 0.717) is 47.7 Å². The SMILES string of the molecule is C=CC(=O)Nc1cc(Nc2nccc(-c3[nH]c(CCCO)nc3-c3ccc4ccoc4c3)n2)c(OC)cc1N1CCCN(C2CCCC2)CC1. The summed E-state index contributed by atoms with van der Waals surface area (Å²) in [7, 11) is 1.63. The van der Waals surface area contributed by atoms with E-state index in [4.69, 9.17) is 19.1 Å². The van der Waals surface area contributed by atoms with Crippen molar-refractivity contribution in [3.63, 3.8) is 0 Å². The van der Waals surface area contributed by atoms with Crippen LogP contribution in [0.5, 0.6) is 5.75 Å². The number of furan rings is 1. The molecule has 2 aliphatic rings. The maximum atomic E-state index is 12.6. The van der Waals surface area contributed by atoms with Crippen molar-refractivity contribution in [2.45, 2.75) is 51.0 Å². The fraction of sp³-hybridized carbons (Fsp3) is 0.368. The summed E-state index contributed by atoms with van der Waals surface area (Å²) in [4.78, 5) is 35.4. The smallest absolute Gasteiger partial charge is 0.247 e. The van der Waals surface area contributed by atoms with Gasteiger partial charge in [0.25, 0.3) is 0 Å². The van der Waals surface area contributed by atoms with Crippen LogP contribution in [0.1, 0.15) is 44.3 Å². The monoisotopic (exact) mass is 676 g/mol. The van der Waals surface area contributed by atoms with Gasteiger partial charge in [-0.2, -0.15) is 0 Å². The van der Waals surface area contributed by atoms with Crippen LogP contribution in [-0.2, 0) is 11.2 Å². The number of anilines is 4. The highest BCUT2D eigenvalue weighted by Gasteiger charge is 2.26. The lowest BCUT2D eigenvalue weighted by molar-refractivity contribution is -0.111. The van der Waals surface area contributed by atoms with Crippen LogP contribution in [0.25, 0.3) is 33.6 Å². The number of ether oxygens (including phenoxy) is 1. The molecule has 1 saturated carbocycles. The Balaban J connectivity index is 1.20. The molecule has 1 amide bonds. The summed E-state index contributed by atoms with van der Waals surface area (Å²) in [5, 5.41) is 16.8. The number of rotatable bonds is 12. The number of imidazole rings is 1. The Labute approximate surface area is 291 Å². The number of aryl methyl sites for hydroxylation is 1. The number of carbonyl (C=O) groups excluding carboxylic acids is 1. The lowest BCUT2D eigenvalue weighted by atomic mass is 10.1. The molecule has 1 aliphatic heterocycles. The summed E-state index contributed by atoms with van der Waals surface area (Å²) in [6, 6.07) is 14.3. The summed E-state index contributed by atoms with van der Waals surface area (Å²) >= 11 is 0. The molecule has 0 spiro atoms. The second-order valence-corrected chi connectivity index (χ2v) is 12.9. The number of benzene rings is 2. The fourth-order valence-electron chi connectivity index (χ4n) is 7.16. The first-order valence-electron chi connectivity index (χ1n) is 17.4. The van der Waals surface area contributed by atoms with Gasteiger partial charge < -0.3 is 34.8 Å². The lowest BCUT2D eigenvalue weighted by Crippen LogP contribution is -2.37. The molecule has 260 valence electrons. The van der Waals surface area contributed by atoms with Crippen molar-refractivity contribution >= 4 is 39.9 Å². The van der Waals surface area contributed by atoms with Gasteiger partial charge in [-0.1, -0.05) is 31.6 Å². The summed E-state index contributed by atoms with van der Waals surface area (Å²) in [6.45, 7) is 7.53. The van der Waals surface area contributed by atoms with Crippen molar-refractivity contribution in [2.24, 2.45) is 0 Å². The van der Waals surface area contributed by atoms with Crippen molar-refractivity contribution in [3.05, 3.63) is 73.4 Å². The van der Waals surface area contributed by atoms with Gasteiger partial charge in [-0.15, -0.1) is 0 Å². The molecule has 50 heavy (non-hydrogen) atoms. The van der Waals surface area contributed by atoms with E-state index >= 15 is 0 Å². The first-order chi connectivity index (χ1) is 24.5. The normalized spacial score (nSPS) is 15.7. The Morgan fingerprint density at radius 2 is 1.96 bits per heavy atom. The van der Waals surface area contributed by atoms with Crippen LogP contribution in [0.4, 0.5) is 23.0 Å². The Bertz CT molecular complexity index is 1960. The average molecular weight is 677 g/mol.